The fourth-order valence-corrected chi connectivity index (χ4v) is 4.26. The number of rotatable bonds is 5. The maximum atomic E-state index is 12.7. The SMILES string of the molecule is Cc1c(NC(=O)CCC2Cc3ccccc3NC2=O)cccc1C(=O)N1CCCC1. The van der Waals surface area contributed by atoms with Gasteiger partial charge in [0.2, 0.25) is 11.8 Å². The summed E-state index contributed by atoms with van der Waals surface area (Å²) < 4.78 is 0. The van der Waals surface area contributed by atoms with E-state index in [1.54, 1.807) is 6.07 Å². The molecule has 2 aromatic carbocycles. The van der Waals surface area contributed by atoms with Crippen LogP contribution in [0.4, 0.5) is 11.4 Å². The molecular formula is C24H27N3O3. The van der Waals surface area contributed by atoms with Crippen LogP contribution in [0.15, 0.2) is 42.5 Å². The number of fused-ring (bicyclic) bond motifs is 1. The molecule has 2 N–H and O–H groups in total. The largest absolute Gasteiger partial charge is 0.339 e. The Hall–Kier alpha value is -3.15. The average molecular weight is 405 g/mol. The molecule has 6 nitrogen and oxygen atoms in total. The van der Waals surface area contributed by atoms with Crippen LogP contribution in [0.1, 0.15) is 47.2 Å². The van der Waals surface area contributed by atoms with Gasteiger partial charge in [0.15, 0.2) is 0 Å². The Labute approximate surface area is 176 Å². The Bertz CT molecular complexity index is 979. The van der Waals surface area contributed by atoms with Crippen LogP contribution in [0.25, 0.3) is 0 Å². The van der Waals surface area contributed by atoms with E-state index in [0.29, 0.717) is 24.1 Å². The highest BCUT2D eigenvalue weighted by atomic mass is 16.2. The van der Waals surface area contributed by atoms with Crippen LogP contribution in [0, 0.1) is 12.8 Å². The van der Waals surface area contributed by atoms with Crippen molar-refractivity contribution < 1.29 is 14.4 Å². The minimum Gasteiger partial charge on any atom is -0.339 e. The summed E-state index contributed by atoms with van der Waals surface area (Å²) in [5.41, 5.74) is 4.04. The van der Waals surface area contributed by atoms with Crippen molar-refractivity contribution in [3.63, 3.8) is 0 Å². The van der Waals surface area contributed by atoms with E-state index in [2.05, 4.69) is 10.6 Å². The minimum atomic E-state index is -0.213. The van der Waals surface area contributed by atoms with Crippen LogP contribution >= 0.6 is 0 Å². The van der Waals surface area contributed by atoms with Gasteiger partial charge in [-0.15, -0.1) is 0 Å². The van der Waals surface area contributed by atoms with E-state index in [1.165, 1.54) is 0 Å². The molecule has 0 aromatic heterocycles. The van der Waals surface area contributed by atoms with Gasteiger partial charge in [-0.05, 0) is 61.9 Å². The number of benzene rings is 2. The molecular weight excluding hydrogens is 378 g/mol. The van der Waals surface area contributed by atoms with Gasteiger partial charge in [0.1, 0.15) is 0 Å². The highest BCUT2D eigenvalue weighted by Gasteiger charge is 2.26. The summed E-state index contributed by atoms with van der Waals surface area (Å²) >= 11 is 0. The number of amides is 3. The van der Waals surface area contributed by atoms with Crippen LogP contribution in [-0.2, 0) is 16.0 Å². The number of nitrogens with one attached hydrogen (secondary N) is 2. The molecule has 2 aliphatic rings. The molecule has 1 atom stereocenters. The number of anilines is 2. The summed E-state index contributed by atoms with van der Waals surface area (Å²) in [4.78, 5) is 39.5. The lowest BCUT2D eigenvalue weighted by molar-refractivity contribution is -0.121. The molecule has 0 aliphatic carbocycles. The third-order valence-electron chi connectivity index (χ3n) is 6.06. The lowest BCUT2D eigenvalue weighted by Gasteiger charge is -2.24. The van der Waals surface area contributed by atoms with Crippen molar-refractivity contribution in [3.8, 4) is 0 Å². The molecule has 156 valence electrons. The highest BCUT2D eigenvalue weighted by Crippen LogP contribution is 2.28. The van der Waals surface area contributed by atoms with Gasteiger partial charge in [0.05, 0.1) is 0 Å². The molecule has 30 heavy (non-hydrogen) atoms. The fourth-order valence-electron chi connectivity index (χ4n) is 4.26. The molecule has 0 saturated carbocycles. The van der Waals surface area contributed by atoms with Gasteiger partial charge in [0, 0.05) is 42.4 Å². The van der Waals surface area contributed by atoms with Gasteiger partial charge >= 0.3 is 0 Å². The summed E-state index contributed by atoms with van der Waals surface area (Å²) in [6.45, 7) is 3.45. The first-order valence-corrected chi connectivity index (χ1v) is 10.6. The normalized spacial score (nSPS) is 18.0. The smallest absolute Gasteiger partial charge is 0.254 e. The molecule has 0 radical (unpaired) electrons. The van der Waals surface area contributed by atoms with E-state index < -0.39 is 0 Å². The molecule has 3 amide bonds. The van der Waals surface area contributed by atoms with Crippen molar-refractivity contribution in [1.82, 2.24) is 4.90 Å². The van der Waals surface area contributed by atoms with Crippen LogP contribution in [0.3, 0.4) is 0 Å². The second-order valence-corrected chi connectivity index (χ2v) is 8.11. The molecule has 0 bridgehead atoms. The lowest BCUT2D eigenvalue weighted by Crippen LogP contribution is -2.30. The molecule has 2 aromatic rings. The zero-order chi connectivity index (χ0) is 21.1. The number of para-hydroxylation sites is 1. The summed E-state index contributed by atoms with van der Waals surface area (Å²) in [5.74, 6) is -0.361. The van der Waals surface area contributed by atoms with Gasteiger partial charge in [0.25, 0.3) is 5.91 Å². The van der Waals surface area contributed by atoms with Gasteiger partial charge in [-0.1, -0.05) is 24.3 Å². The van der Waals surface area contributed by atoms with E-state index in [-0.39, 0.29) is 30.1 Å². The topological polar surface area (TPSA) is 78.5 Å². The van der Waals surface area contributed by atoms with Gasteiger partial charge < -0.3 is 15.5 Å². The van der Waals surface area contributed by atoms with E-state index in [4.69, 9.17) is 0 Å². The lowest BCUT2D eigenvalue weighted by atomic mass is 9.89. The van der Waals surface area contributed by atoms with Gasteiger partial charge in [-0.2, -0.15) is 0 Å². The number of hydrogen-bond donors (Lipinski definition) is 2. The molecule has 1 fully saturated rings. The van der Waals surface area contributed by atoms with E-state index >= 15 is 0 Å². The maximum absolute atomic E-state index is 12.7. The third kappa shape index (κ3) is 4.22. The van der Waals surface area contributed by atoms with Crippen molar-refractivity contribution in [3.05, 3.63) is 59.2 Å². The standard InChI is InChI=1S/C24H27N3O3/c1-16-19(24(30)27-13-4-5-14-27)8-6-10-20(16)25-22(28)12-11-18-15-17-7-2-3-9-21(17)26-23(18)29/h2-3,6-10,18H,4-5,11-15H2,1H3,(H,25,28)(H,26,29). The highest BCUT2D eigenvalue weighted by molar-refractivity contribution is 6.00. The average Bonchev–Trinajstić information content (AvgIpc) is 3.28. The summed E-state index contributed by atoms with van der Waals surface area (Å²) in [7, 11) is 0. The van der Waals surface area contributed by atoms with E-state index in [0.717, 1.165) is 42.7 Å². The number of hydrogen-bond acceptors (Lipinski definition) is 3. The molecule has 1 unspecified atom stereocenters. The van der Waals surface area contributed by atoms with Crippen molar-refractivity contribution in [2.75, 3.05) is 23.7 Å². The molecule has 4 rings (SSSR count). The van der Waals surface area contributed by atoms with Crippen molar-refractivity contribution >= 4 is 29.1 Å². The Morgan fingerprint density at radius 3 is 2.67 bits per heavy atom. The van der Waals surface area contributed by atoms with Gasteiger partial charge in [-0.25, -0.2) is 0 Å². The molecule has 2 heterocycles. The Morgan fingerprint density at radius 1 is 1.10 bits per heavy atom. The van der Waals surface area contributed by atoms with Crippen molar-refractivity contribution in [2.24, 2.45) is 5.92 Å². The summed E-state index contributed by atoms with van der Waals surface area (Å²) in [6.07, 6.45) is 3.47. The van der Waals surface area contributed by atoms with Crippen LogP contribution in [0.5, 0.6) is 0 Å². The zero-order valence-corrected chi connectivity index (χ0v) is 17.2. The van der Waals surface area contributed by atoms with E-state index in [1.807, 2.05) is 48.2 Å². The van der Waals surface area contributed by atoms with E-state index in [9.17, 15) is 14.4 Å². The Morgan fingerprint density at radius 2 is 1.87 bits per heavy atom. The van der Waals surface area contributed by atoms with Crippen LogP contribution in [-0.4, -0.2) is 35.7 Å². The predicted octanol–water partition coefficient (Wildman–Crippen LogP) is 3.76. The Kier molecular flexibility index (Phi) is 5.84. The third-order valence-corrected chi connectivity index (χ3v) is 6.06. The number of likely N-dealkylation sites (tertiary alicyclic amines) is 1. The van der Waals surface area contributed by atoms with Gasteiger partial charge in [-0.3, -0.25) is 14.4 Å². The Balaban J connectivity index is 1.37. The van der Waals surface area contributed by atoms with Crippen LogP contribution in [0.2, 0.25) is 0 Å². The first kappa shape index (κ1) is 20.1. The van der Waals surface area contributed by atoms with Crippen LogP contribution < -0.4 is 10.6 Å². The second kappa shape index (κ2) is 8.69. The first-order valence-electron chi connectivity index (χ1n) is 10.6. The quantitative estimate of drug-likeness (QED) is 0.795. The predicted molar refractivity (Wildman–Crippen MR) is 116 cm³/mol. The first-order chi connectivity index (χ1) is 14.5. The molecule has 6 heteroatoms. The summed E-state index contributed by atoms with van der Waals surface area (Å²) in [5, 5.41) is 5.85. The van der Waals surface area contributed by atoms with Crippen molar-refractivity contribution in [1.29, 1.82) is 0 Å². The molecule has 0 spiro atoms. The minimum absolute atomic E-state index is 0.0265. The molecule has 1 saturated heterocycles. The zero-order valence-electron chi connectivity index (χ0n) is 17.2. The monoisotopic (exact) mass is 405 g/mol. The molecule has 2 aliphatic heterocycles. The number of nitrogens with zero attached hydrogens (tertiary/aromatic N) is 1. The maximum Gasteiger partial charge on any atom is 0.254 e. The number of carbonyl (C=O) groups excluding carboxylic acids is 3. The summed E-state index contributed by atoms with van der Waals surface area (Å²) in [6, 6.07) is 13.2. The van der Waals surface area contributed by atoms with Crippen molar-refractivity contribution in [2.45, 2.75) is 39.0 Å². The second-order valence-electron chi connectivity index (χ2n) is 8.11. The fraction of sp³-hybridized carbons (Fsp3) is 0.375. The number of carbonyl (C=O) groups is 3.